The molecule has 3 rings (SSSR count). The molecule has 0 aromatic heterocycles. The molecule has 1 saturated heterocycles. The summed E-state index contributed by atoms with van der Waals surface area (Å²) in [4.78, 5) is 26.0. The Kier molecular flexibility index (Phi) is 5.69. The lowest BCUT2D eigenvalue weighted by Gasteiger charge is -2.23. The highest BCUT2D eigenvalue weighted by Gasteiger charge is 2.23. The van der Waals surface area contributed by atoms with Gasteiger partial charge in [-0.25, -0.2) is 4.79 Å². The van der Waals surface area contributed by atoms with E-state index < -0.39 is 0 Å². The van der Waals surface area contributed by atoms with Crippen molar-refractivity contribution in [3.8, 4) is 0 Å². The van der Waals surface area contributed by atoms with Gasteiger partial charge >= 0.3 is 6.03 Å². The number of carbonyl (C=O) groups is 2. The quantitative estimate of drug-likeness (QED) is 0.809. The van der Waals surface area contributed by atoms with Crippen LogP contribution >= 0.6 is 0 Å². The molecule has 2 heterocycles. The Labute approximate surface area is 142 Å². The second-order valence-corrected chi connectivity index (χ2v) is 6.31. The van der Waals surface area contributed by atoms with Crippen LogP contribution in [-0.2, 0) is 16.0 Å². The highest BCUT2D eigenvalue weighted by Crippen LogP contribution is 2.27. The topological polar surface area (TPSA) is 70.7 Å². The Hall–Kier alpha value is -2.08. The molecule has 2 N–H and O–H groups in total. The molecule has 0 spiro atoms. The van der Waals surface area contributed by atoms with E-state index in [0.29, 0.717) is 32.6 Å². The number of nitrogens with zero attached hydrogens (tertiary/aromatic N) is 1. The van der Waals surface area contributed by atoms with E-state index in [4.69, 9.17) is 4.74 Å². The number of para-hydroxylation sites is 1. The molecule has 2 aliphatic rings. The van der Waals surface area contributed by atoms with Gasteiger partial charge in [0.25, 0.3) is 0 Å². The van der Waals surface area contributed by atoms with Crippen molar-refractivity contribution in [1.29, 1.82) is 0 Å². The highest BCUT2D eigenvalue weighted by atomic mass is 16.5. The van der Waals surface area contributed by atoms with Crippen molar-refractivity contribution in [2.24, 2.45) is 0 Å². The van der Waals surface area contributed by atoms with E-state index in [9.17, 15) is 9.59 Å². The highest BCUT2D eigenvalue weighted by molar-refractivity contribution is 5.95. The molecule has 3 amide bonds. The van der Waals surface area contributed by atoms with Gasteiger partial charge in [-0.2, -0.15) is 0 Å². The van der Waals surface area contributed by atoms with Gasteiger partial charge in [0.1, 0.15) is 0 Å². The number of nitrogens with one attached hydrogen (secondary N) is 2. The minimum atomic E-state index is -0.152. The van der Waals surface area contributed by atoms with Crippen LogP contribution in [0.4, 0.5) is 10.5 Å². The number of carbonyl (C=O) groups excluding carboxylic acids is 2. The monoisotopic (exact) mass is 331 g/mol. The second-order valence-electron chi connectivity index (χ2n) is 6.31. The Balaban J connectivity index is 1.35. The lowest BCUT2D eigenvalue weighted by atomic mass is 10.1. The van der Waals surface area contributed by atoms with E-state index in [0.717, 1.165) is 31.5 Å². The third-order valence-electron chi connectivity index (χ3n) is 4.60. The summed E-state index contributed by atoms with van der Waals surface area (Å²) in [6.07, 6.45) is 3.75. The van der Waals surface area contributed by atoms with Crippen molar-refractivity contribution in [3.63, 3.8) is 0 Å². The van der Waals surface area contributed by atoms with Gasteiger partial charge in [-0.3, -0.25) is 4.79 Å². The number of hydrogen-bond donors (Lipinski definition) is 2. The van der Waals surface area contributed by atoms with Crippen LogP contribution in [0, 0.1) is 0 Å². The number of benzene rings is 1. The predicted molar refractivity (Wildman–Crippen MR) is 92.1 cm³/mol. The van der Waals surface area contributed by atoms with E-state index >= 15 is 0 Å². The van der Waals surface area contributed by atoms with E-state index in [-0.39, 0.29) is 18.0 Å². The van der Waals surface area contributed by atoms with Crippen LogP contribution in [0.25, 0.3) is 0 Å². The van der Waals surface area contributed by atoms with Gasteiger partial charge in [0.2, 0.25) is 5.91 Å². The zero-order chi connectivity index (χ0) is 16.8. The zero-order valence-corrected chi connectivity index (χ0v) is 13.9. The predicted octanol–water partition coefficient (Wildman–Crippen LogP) is 1.83. The summed E-state index contributed by atoms with van der Waals surface area (Å²) in [5.74, 6) is 0.131. The van der Waals surface area contributed by atoms with Gasteiger partial charge in [0, 0.05) is 44.5 Å². The van der Waals surface area contributed by atoms with Crippen LogP contribution in [-0.4, -0.2) is 44.3 Å². The van der Waals surface area contributed by atoms with Gasteiger partial charge < -0.3 is 20.3 Å². The number of amides is 3. The Morgan fingerprint density at radius 1 is 1.21 bits per heavy atom. The van der Waals surface area contributed by atoms with E-state index in [1.165, 1.54) is 5.56 Å². The summed E-state index contributed by atoms with van der Waals surface area (Å²) < 4.78 is 5.27. The van der Waals surface area contributed by atoms with Crippen molar-refractivity contribution in [2.45, 2.75) is 38.1 Å². The summed E-state index contributed by atoms with van der Waals surface area (Å²) >= 11 is 0. The Morgan fingerprint density at radius 3 is 2.83 bits per heavy atom. The fourth-order valence-corrected chi connectivity index (χ4v) is 3.25. The molecule has 0 unspecified atom stereocenters. The summed E-state index contributed by atoms with van der Waals surface area (Å²) in [6.45, 7) is 2.68. The molecule has 0 radical (unpaired) electrons. The smallest absolute Gasteiger partial charge is 0.315 e. The molecule has 130 valence electrons. The fourth-order valence-electron chi connectivity index (χ4n) is 3.25. The maximum Gasteiger partial charge on any atom is 0.315 e. The minimum absolute atomic E-state index is 0.131. The lowest BCUT2D eigenvalue weighted by Crippen LogP contribution is -2.44. The van der Waals surface area contributed by atoms with E-state index in [1.54, 1.807) is 0 Å². The number of urea groups is 1. The second kappa shape index (κ2) is 8.15. The van der Waals surface area contributed by atoms with Crippen molar-refractivity contribution < 1.29 is 14.3 Å². The third-order valence-corrected chi connectivity index (χ3v) is 4.60. The third kappa shape index (κ3) is 4.26. The van der Waals surface area contributed by atoms with Crippen molar-refractivity contribution >= 4 is 17.6 Å². The number of ether oxygens (including phenoxy) is 1. The first-order valence-corrected chi connectivity index (χ1v) is 8.74. The maximum absolute atomic E-state index is 12.4. The molecule has 0 saturated carbocycles. The molecule has 6 nitrogen and oxygen atoms in total. The molecular formula is C18H25N3O3. The average molecular weight is 331 g/mol. The molecular weight excluding hydrogens is 306 g/mol. The summed E-state index contributed by atoms with van der Waals surface area (Å²) in [5, 5.41) is 5.78. The fraction of sp³-hybridized carbons (Fsp3) is 0.556. The first-order valence-electron chi connectivity index (χ1n) is 8.74. The molecule has 0 bridgehead atoms. The lowest BCUT2D eigenvalue weighted by molar-refractivity contribution is -0.118. The SMILES string of the molecule is O=C(NCCCC(=O)N1CCc2ccccc21)NC1CCOCC1. The van der Waals surface area contributed by atoms with Crippen LogP contribution in [0.5, 0.6) is 0 Å². The number of fused-ring (bicyclic) bond motifs is 1. The van der Waals surface area contributed by atoms with E-state index in [2.05, 4.69) is 16.7 Å². The van der Waals surface area contributed by atoms with Crippen molar-refractivity contribution in [3.05, 3.63) is 29.8 Å². The molecule has 24 heavy (non-hydrogen) atoms. The normalized spacial score (nSPS) is 17.4. The van der Waals surface area contributed by atoms with Gasteiger partial charge in [-0.05, 0) is 37.3 Å². The van der Waals surface area contributed by atoms with Gasteiger partial charge in [-0.15, -0.1) is 0 Å². The molecule has 6 heteroatoms. The average Bonchev–Trinajstić information content (AvgIpc) is 3.03. The summed E-state index contributed by atoms with van der Waals surface area (Å²) in [6, 6.07) is 8.09. The van der Waals surface area contributed by atoms with Crippen LogP contribution in [0.3, 0.4) is 0 Å². The van der Waals surface area contributed by atoms with Crippen LogP contribution in [0.2, 0.25) is 0 Å². The van der Waals surface area contributed by atoms with Crippen LogP contribution in [0.15, 0.2) is 24.3 Å². The first-order chi connectivity index (χ1) is 11.7. The standard InChI is InChI=1S/C18H25N3O3/c22-17(21-11-7-14-4-1-2-5-16(14)21)6-3-10-19-18(23)20-15-8-12-24-13-9-15/h1-2,4-5,15H,3,6-13H2,(H2,19,20,23). The number of hydrogen-bond acceptors (Lipinski definition) is 3. The molecule has 1 aromatic rings. The summed E-state index contributed by atoms with van der Waals surface area (Å²) in [7, 11) is 0. The summed E-state index contributed by atoms with van der Waals surface area (Å²) in [5.41, 5.74) is 2.27. The number of rotatable bonds is 5. The Bertz CT molecular complexity index is 585. The van der Waals surface area contributed by atoms with Crippen molar-refractivity contribution in [2.75, 3.05) is 31.2 Å². The molecule has 2 aliphatic heterocycles. The molecule has 1 aromatic carbocycles. The number of anilines is 1. The van der Waals surface area contributed by atoms with Crippen LogP contribution in [0.1, 0.15) is 31.2 Å². The molecule has 0 aliphatic carbocycles. The van der Waals surface area contributed by atoms with Gasteiger partial charge in [0.05, 0.1) is 0 Å². The van der Waals surface area contributed by atoms with E-state index in [1.807, 2.05) is 23.1 Å². The Morgan fingerprint density at radius 2 is 2.00 bits per heavy atom. The van der Waals surface area contributed by atoms with Crippen molar-refractivity contribution in [1.82, 2.24) is 10.6 Å². The molecule has 0 atom stereocenters. The minimum Gasteiger partial charge on any atom is -0.381 e. The molecule has 1 fully saturated rings. The largest absolute Gasteiger partial charge is 0.381 e. The van der Waals surface area contributed by atoms with Gasteiger partial charge in [0.15, 0.2) is 0 Å². The maximum atomic E-state index is 12.4. The van der Waals surface area contributed by atoms with Crippen LogP contribution < -0.4 is 15.5 Å². The van der Waals surface area contributed by atoms with Gasteiger partial charge in [-0.1, -0.05) is 18.2 Å². The zero-order valence-electron chi connectivity index (χ0n) is 13.9. The first kappa shape index (κ1) is 16.8.